The van der Waals surface area contributed by atoms with Gasteiger partial charge in [-0.05, 0) is 66.9 Å². The Bertz CT molecular complexity index is 537. The molecule has 1 aromatic heterocycles. The third-order valence-electron chi connectivity index (χ3n) is 6.12. The van der Waals surface area contributed by atoms with Crippen molar-refractivity contribution in [3.05, 3.63) is 21.9 Å². The molecule has 2 fully saturated rings. The first kappa shape index (κ1) is 13.8. The number of rotatable bonds is 3. The molecule has 4 atom stereocenters. The summed E-state index contributed by atoms with van der Waals surface area (Å²) in [6.07, 6.45) is 8.47. The van der Waals surface area contributed by atoms with Crippen LogP contribution in [-0.4, -0.2) is 17.4 Å². The summed E-state index contributed by atoms with van der Waals surface area (Å²) in [5.41, 5.74) is 1.43. The van der Waals surface area contributed by atoms with E-state index in [0.717, 1.165) is 37.6 Å². The van der Waals surface area contributed by atoms with Crippen LogP contribution in [0.1, 0.15) is 61.9 Å². The predicted molar refractivity (Wildman–Crippen MR) is 86.3 cm³/mol. The van der Waals surface area contributed by atoms with Gasteiger partial charge >= 0.3 is 0 Å². The van der Waals surface area contributed by atoms with Gasteiger partial charge in [-0.15, -0.1) is 11.3 Å². The van der Waals surface area contributed by atoms with Crippen molar-refractivity contribution < 1.29 is 4.79 Å². The zero-order valence-corrected chi connectivity index (χ0v) is 13.7. The van der Waals surface area contributed by atoms with Crippen LogP contribution < -0.4 is 0 Å². The van der Waals surface area contributed by atoms with Crippen LogP contribution in [0.15, 0.2) is 11.4 Å². The van der Waals surface area contributed by atoms with Crippen LogP contribution in [0, 0.1) is 17.8 Å². The maximum Gasteiger partial charge on any atom is 0.223 e. The second-order valence-corrected chi connectivity index (χ2v) is 8.20. The van der Waals surface area contributed by atoms with Crippen LogP contribution in [0.2, 0.25) is 0 Å². The fourth-order valence-electron chi connectivity index (χ4n) is 5.10. The molecular formula is C18H25NOS. The quantitative estimate of drug-likeness (QED) is 0.810. The van der Waals surface area contributed by atoms with Crippen molar-refractivity contribution in [3.8, 4) is 0 Å². The first-order valence-electron chi connectivity index (χ1n) is 8.62. The molecular weight excluding hydrogens is 278 g/mol. The summed E-state index contributed by atoms with van der Waals surface area (Å²) < 4.78 is 0. The van der Waals surface area contributed by atoms with E-state index in [2.05, 4.69) is 23.3 Å². The van der Waals surface area contributed by atoms with Crippen molar-refractivity contribution in [1.82, 2.24) is 4.90 Å². The van der Waals surface area contributed by atoms with E-state index >= 15 is 0 Å². The van der Waals surface area contributed by atoms with Crippen molar-refractivity contribution in [1.29, 1.82) is 0 Å². The maximum absolute atomic E-state index is 12.9. The minimum absolute atomic E-state index is 0.339. The Hall–Kier alpha value is -0.830. The first-order valence-corrected chi connectivity index (χ1v) is 9.50. The van der Waals surface area contributed by atoms with Crippen molar-refractivity contribution in [2.24, 2.45) is 17.8 Å². The number of hydrogen-bond acceptors (Lipinski definition) is 2. The van der Waals surface area contributed by atoms with Gasteiger partial charge in [-0.25, -0.2) is 0 Å². The molecule has 114 valence electrons. The Morgan fingerprint density at radius 3 is 3.00 bits per heavy atom. The van der Waals surface area contributed by atoms with Gasteiger partial charge < -0.3 is 4.90 Å². The zero-order chi connectivity index (χ0) is 14.4. The average molecular weight is 303 g/mol. The molecule has 0 unspecified atom stereocenters. The number of carbonyl (C=O) groups is 1. The van der Waals surface area contributed by atoms with Gasteiger partial charge in [0.05, 0.1) is 6.04 Å². The molecule has 3 heteroatoms. The molecule has 0 radical (unpaired) electrons. The van der Waals surface area contributed by atoms with Gasteiger partial charge in [0.15, 0.2) is 0 Å². The predicted octanol–water partition coefficient (Wildman–Crippen LogP) is 4.41. The molecule has 0 aromatic carbocycles. The summed E-state index contributed by atoms with van der Waals surface area (Å²) in [6.45, 7) is 3.15. The largest absolute Gasteiger partial charge is 0.335 e. The molecule has 0 spiro atoms. The Labute approximate surface area is 131 Å². The number of nitrogens with zero attached hydrogens (tertiary/aromatic N) is 1. The molecule has 2 heterocycles. The topological polar surface area (TPSA) is 20.3 Å². The van der Waals surface area contributed by atoms with E-state index in [1.54, 1.807) is 0 Å². The monoisotopic (exact) mass is 303 g/mol. The minimum atomic E-state index is 0.339. The number of fused-ring (bicyclic) bond motifs is 3. The van der Waals surface area contributed by atoms with Gasteiger partial charge in [0.1, 0.15) is 0 Å². The summed E-state index contributed by atoms with van der Waals surface area (Å²) in [5.74, 6) is 2.93. The normalized spacial score (nSPS) is 34.2. The molecule has 2 nitrogen and oxygen atoms in total. The molecule has 1 amide bonds. The summed E-state index contributed by atoms with van der Waals surface area (Å²) >= 11 is 1.86. The van der Waals surface area contributed by atoms with Crippen LogP contribution >= 0.6 is 11.3 Å². The Morgan fingerprint density at radius 2 is 2.29 bits per heavy atom. The van der Waals surface area contributed by atoms with Crippen LogP contribution in [0.25, 0.3) is 0 Å². The average Bonchev–Trinajstić information content (AvgIpc) is 3.21. The number of thiophene rings is 1. The van der Waals surface area contributed by atoms with Crippen LogP contribution in [0.4, 0.5) is 0 Å². The third-order valence-corrected chi connectivity index (χ3v) is 7.12. The van der Waals surface area contributed by atoms with E-state index in [9.17, 15) is 4.79 Å². The first-order chi connectivity index (χ1) is 10.3. The second-order valence-electron chi connectivity index (χ2n) is 7.20. The van der Waals surface area contributed by atoms with Crippen molar-refractivity contribution >= 4 is 17.2 Å². The lowest BCUT2D eigenvalue weighted by atomic mass is 9.85. The van der Waals surface area contributed by atoms with Crippen molar-refractivity contribution in [2.75, 3.05) is 6.54 Å². The fraction of sp³-hybridized carbons (Fsp3) is 0.722. The second kappa shape index (κ2) is 5.42. The lowest BCUT2D eigenvalue weighted by Gasteiger charge is -2.36. The van der Waals surface area contributed by atoms with Crippen LogP contribution in [0.5, 0.6) is 0 Å². The van der Waals surface area contributed by atoms with E-state index in [0.29, 0.717) is 17.9 Å². The Morgan fingerprint density at radius 1 is 1.38 bits per heavy atom. The smallest absolute Gasteiger partial charge is 0.223 e. The van der Waals surface area contributed by atoms with Gasteiger partial charge in [-0.1, -0.05) is 13.3 Å². The molecule has 3 aliphatic rings. The van der Waals surface area contributed by atoms with Gasteiger partial charge in [0.2, 0.25) is 5.91 Å². The van der Waals surface area contributed by atoms with E-state index in [-0.39, 0.29) is 0 Å². The highest BCUT2D eigenvalue weighted by Crippen LogP contribution is 2.50. The molecule has 1 aromatic rings. The SMILES string of the molecule is CC[C@@H]1c2ccsc2CCN1C(=O)C[C@@H]1C[C@H]2CC[C@H]1C2. The molecule has 2 saturated carbocycles. The molecule has 0 saturated heterocycles. The number of hydrogen-bond donors (Lipinski definition) is 0. The third kappa shape index (κ3) is 2.34. The van der Waals surface area contributed by atoms with Gasteiger partial charge in [0.25, 0.3) is 0 Å². The maximum atomic E-state index is 12.9. The van der Waals surface area contributed by atoms with Gasteiger partial charge in [-0.2, -0.15) is 0 Å². The lowest BCUT2D eigenvalue weighted by molar-refractivity contribution is -0.135. The lowest BCUT2D eigenvalue weighted by Crippen LogP contribution is -2.40. The molecule has 21 heavy (non-hydrogen) atoms. The van der Waals surface area contributed by atoms with E-state index in [1.807, 2.05) is 11.3 Å². The number of amides is 1. The highest BCUT2D eigenvalue weighted by atomic mass is 32.1. The molecule has 0 N–H and O–H groups in total. The summed E-state index contributed by atoms with van der Waals surface area (Å²) in [5, 5.41) is 2.19. The van der Waals surface area contributed by atoms with Gasteiger partial charge in [0, 0.05) is 17.8 Å². The molecule has 2 aliphatic carbocycles. The van der Waals surface area contributed by atoms with Crippen LogP contribution in [-0.2, 0) is 11.2 Å². The molecule has 4 rings (SSSR count). The summed E-state index contributed by atoms with van der Waals surface area (Å²) in [6, 6.07) is 2.58. The Balaban J connectivity index is 1.47. The highest BCUT2D eigenvalue weighted by molar-refractivity contribution is 7.10. The van der Waals surface area contributed by atoms with E-state index in [1.165, 1.54) is 36.1 Å². The van der Waals surface area contributed by atoms with Gasteiger partial charge in [-0.3, -0.25) is 4.79 Å². The van der Waals surface area contributed by atoms with E-state index in [4.69, 9.17) is 0 Å². The zero-order valence-electron chi connectivity index (χ0n) is 12.9. The Kier molecular flexibility index (Phi) is 3.56. The highest BCUT2D eigenvalue weighted by Gasteiger charge is 2.41. The minimum Gasteiger partial charge on any atom is -0.335 e. The van der Waals surface area contributed by atoms with Crippen molar-refractivity contribution in [2.45, 2.75) is 57.9 Å². The van der Waals surface area contributed by atoms with Crippen LogP contribution in [0.3, 0.4) is 0 Å². The summed E-state index contributed by atoms with van der Waals surface area (Å²) in [7, 11) is 0. The standard InChI is InChI=1S/C18H25NOS/c1-2-16-15-6-8-21-17(15)5-7-19(16)18(20)11-14-10-12-3-4-13(14)9-12/h6,8,12-14,16H,2-5,7,9-11H2,1H3/t12-,13-,14-,16+/m0/s1. The summed E-state index contributed by atoms with van der Waals surface area (Å²) in [4.78, 5) is 16.6. The fourth-order valence-corrected chi connectivity index (χ4v) is 6.03. The molecule has 1 aliphatic heterocycles. The molecule has 2 bridgehead atoms. The van der Waals surface area contributed by atoms with E-state index < -0.39 is 0 Å². The number of carbonyl (C=O) groups excluding carboxylic acids is 1. The van der Waals surface area contributed by atoms with Crippen molar-refractivity contribution in [3.63, 3.8) is 0 Å².